The van der Waals surface area contributed by atoms with Crippen LogP contribution in [0.4, 0.5) is 0 Å². The highest BCUT2D eigenvalue weighted by Gasteiger charge is 2.36. The Hall–Kier alpha value is -1.92. The summed E-state index contributed by atoms with van der Waals surface area (Å²) >= 11 is 0. The predicted octanol–water partition coefficient (Wildman–Crippen LogP) is 0.429. The molecule has 114 valence electrons. The predicted molar refractivity (Wildman–Crippen MR) is 80.6 cm³/mol. The second-order valence-corrected chi connectivity index (χ2v) is 4.74. The van der Waals surface area contributed by atoms with Crippen LogP contribution in [0.2, 0.25) is 0 Å². The summed E-state index contributed by atoms with van der Waals surface area (Å²) in [5.41, 5.74) is 0.711. The maximum Gasteiger partial charge on any atom is 0.262 e. The van der Waals surface area contributed by atoms with Crippen molar-refractivity contribution in [3.63, 3.8) is 0 Å². The number of hydrogen-bond acceptors (Lipinski definition) is 4. The zero-order valence-electron chi connectivity index (χ0n) is 11.9. The first-order valence-electron chi connectivity index (χ1n) is 6.43. The number of nitrogens with zero attached hydrogens (tertiary/aromatic N) is 1. The molecule has 6 nitrogen and oxygen atoms in total. The Bertz CT molecular complexity index is 527. The Morgan fingerprint density at radius 1 is 1.19 bits per heavy atom. The maximum atomic E-state index is 12.0. The van der Waals surface area contributed by atoms with Crippen LogP contribution in [0.3, 0.4) is 0 Å². The van der Waals surface area contributed by atoms with Crippen molar-refractivity contribution in [2.24, 2.45) is 0 Å². The normalized spacial score (nSPS) is 14.5. The number of carbonyl (C=O) groups excluding carboxylic acids is 3. The minimum atomic E-state index is -0.414. The number of imide groups is 1. The quantitative estimate of drug-likeness (QED) is 0.773. The lowest BCUT2D eigenvalue weighted by molar-refractivity contribution is -0.121. The van der Waals surface area contributed by atoms with E-state index < -0.39 is 11.8 Å². The highest BCUT2D eigenvalue weighted by atomic mass is 35.5. The summed E-state index contributed by atoms with van der Waals surface area (Å²) in [4.78, 5) is 36.9. The Morgan fingerprint density at radius 3 is 2.19 bits per heavy atom. The van der Waals surface area contributed by atoms with Crippen molar-refractivity contribution >= 4 is 30.1 Å². The first-order chi connectivity index (χ1) is 9.54. The number of likely N-dealkylation sites (N-methyl/N-ethyl adjacent to an activating group) is 1. The summed E-state index contributed by atoms with van der Waals surface area (Å²) in [6.07, 6.45) is 0. The standard InChI is InChI=1S/C14H17N3O3.ClH/c1-9(15-2)7-16-12(18)8-17-13(19)10-5-3-4-6-11(10)14(17)20;/h3-6,9,15H,7-8H2,1-2H3,(H,16,18);1H. The Morgan fingerprint density at radius 2 is 1.71 bits per heavy atom. The van der Waals surface area contributed by atoms with Crippen LogP contribution in [0, 0.1) is 0 Å². The number of hydrogen-bond donors (Lipinski definition) is 2. The molecule has 3 amide bonds. The average Bonchev–Trinajstić information content (AvgIpc) is 2.70. The van der Waals surface area contributed by atoms with Crippen LogP contribution in [-0.4, -0.2) is 48.8 Å². The lowest BCUT2D eigenvalue weighted by Crippen LogP contribution is -2.44. The average molecular weight is 312 g/mol. The number of halogens is 1. The van der Waals surface area contributed by atoms with E-state index in [0.717, 1.165) is 4.90 Å². The maximum absolute atomic E-state index is 12.0. The van der Waals surface area contributed by atoms with Gasteiger partial charge in [0.15, 0.2) is 0 Å². The molecular formula is C14H18ClN3O3. The first-order valence-corrected chi connectivity index (χ1v) is 6.43. The topological polar surface area (TPSA) is 78.5 Å². The van der Waals surface area contributed by atoms with Crippen LogP contribution >= 0.6 is 12.4 Å². The van der Waals surface area contributed by atoms with Crippen molar-refractivity contribution in [2.75, 3.05) is 20.1 Å². The molecule has 0 saturated carbocycles. The largest absolute Gasteiger partial charge is 0.353 e. The molecule has 0 bridgehead atoms. The van der Waals surface area contributed by atoms with E-state index >= 15 is 0 Å². The van der Waals surface area contributed by atoms with Gasteiger partial charge in [-0.05, 0) is 26.1 Å². The van der Waals surface area contributed by atoms with Crippen molar-refractivity contribution in [3.05, 3.63) is 35.4 Å². The highest BCUT2D eigenvalue weighted by Crippen LogP contribution is 2.21. The number of amides is 3. The SMILES string of the molecule is CNC(C)CNC(=O)CN1C(=O)c2ccccc2C1=O.Cl. The van der Waals surface area contributed by atoms with Crippen LogP contribution < -0.4 is 10.6 Å². The number of nitrogens with one attached hydrogen (secondary N) is 2. The van der Waals surface area contributed by atoms with E-state index in [0.29, 0.717) is 17.7 Å². The fourth-order valence-electron chi connectivity index (χ4n) is 1.95. The van der Waals surface area contributed by atoms with Crippen LogP contribution in [-0.2, 0) is 4.79 Å². The summed E-state index contributed by atoms with van der Waals surface area (Å²) in [5.74, 6) is -1.17. The van der Waals surface area contributed by atoms with Crippen LogP contribution in [0.5, 0.6) is 0 Å². The molecule has 0 aromatic heterocycles. The number of benzene rings is 1. The molecule has 0 spiro atoms. The van der Waals surface area contributed by atoms with Crippen LogP contribution in [0.1, 0.15) is 27.6 Å². The molecule has 0 fully saturated rings. The number of rotatable bonds is 5. The zero-order valence-corrected chi connectivity index (χ0v) is 12.7. The fraction of sp³-hybridized carbons (Fsp3) is 0.357. The molecule has 2 rings (SSSR count). The van der Waals surface area contributed by atoms with E-state index in [-0.39, 0.29) is 30.9 Å². The van der Waals surface area contributed by atoms with E-state index in [4.69, 9.17) is 0 Å². The van der Waals surface area contributed by atoms with Crippen LogP contribution in [0.25, 0.3) is 0 Å². The number of carbonyl (C=O) groups is 3. The van der Waals surface area contributed by atoms with Gasteiger partial charge in [0.1, 0.15) is 6.54 Å². The van der Waals surface area contributed by atoms with Crippen molar-refractivity contribution < 1.29 is 14.4 Å². The van der Waals surface area contributed by atoms with Gasteiger partial charge in [0, 0.05) is 12.6 Å². The molecule has 1 unspecified atom stereocenters. The van der Waals surface area contributed by atoms with E-state index in [2.05, 4.69) is 10.6 Å². The van der Waals surface area contributed by atoms with Gasteiger partial charge in [-0.1, -0.05) is 12.1 Å². The monoisotopic (exact) mass is 311 g/mol. The van der Waals surface area contributed by atoms with E-state index in [1.165, 1.54) is 0 Å². The summed E-state index contributed by atoms with van der Waals surface area (Å²) in [5, 5.41) is 5.66. The van der Waals surface area contributed by atoms with Gasteiger partial charge >= 0.3 is 0 Å². The molecule has 1 aromatic carbocycles. The summed E-state index contributed by atoms with van der Waals surface area (Å²) < 4.78 is 0. The van der Waals surface area contributed by atoms with Gasteiger partial charge in [0.05, 0.1) is 11.1 Å². The third-order valence-electron chi connectivity index (χ3n) is 3.28. The third kappa shape index (κ3) is 3.59. The van der Waals surface area contributed by atoms with E-state index in [1.54, 1.807) is 31.3 Å². The van der Waals surface area contributed by atoms with Gasteiger partial charge < -0.3 is 10.6 Å². The highest BCUT2D eigenvalue weighted by molar-refractivity contribution is 6.22. The van der Waals surface area contributed by atoms with Gasteiger partial charge in [-0.2, -0.15) is 0 Å². The molecule has 1 aliphatic heterocycles. The molecule has 2 N–H and O–H groups in total. The molecular weight excluding hydrogens is 294 g/mol. The smallest absolute Gasteiger partial charge is 0.262 e. The third-order valence-corrected chi connectivity index (χ3v) is 3.28. The fourth-order valence-corrected chi connectivity index (χ4v) is 1.95. The molecule has 21 heavy (non-hydrogen) atoms. The van der Waals surface area contributed by atoms with Gasteiger partial charge in [-0.15, -0.1) is 12.4 Å². The van der Waals surface area contributed by atoms with Crippen molar-refractivity contribution in [1.29, 1.82) is 0 Å². The molecule has 0 radical (unpaired) electrons. The van der Waals surface area contributed by atoms with Gasteiger partial charge in [0.25, 0.3) is 11.8 Å². The lowest BCUT2D eigenvalue weighted by atomic mass is 10.1. The molecule has 1 atom stereocenters. The molecule has 0 saturated heterocycles. The second kappa shape index (κ2) is 7.19. The zero-order chi connectivity index (χ0) is 14.7. The van der Waals surface area contributed by atoms with Crippen LogP contribution in [0.15, 0.2) is 24.3 Å². The summed E-state index contributed by atoms with van der Waals surface area (Å²) in [6.45, 7) is 2.11. The molecule has 1 heterocycles. The molecule has 1 aliphatic rings. The molecule has 0 aliphatic carbocycles. The second-order valence-electron chi connectivity index (χ2n) is 4.74. The molecule has 1 aromatic rings. The first kappa shape index (κ1) is 17.1. The Labute approximate surface area is 129 Å². The minimum Gasteiger partial charge on any atom is -0.353 e. The molecule has 7 heteroatoms. The summed E-state index contributed by atoms with van der Waals surface area (Å²) in [7, 11) is 1.79. The Kier molecular flexibility index (Phi) is 5.87. The van der Waals surface area contributed by atoms with Gasteiger partial charge in [-0.3, -0.25) is 19.3 Å². The Balaban J connectivity index is 0.00000220. The van der Waals surface area contributed by atoms with Crippen molar-refractivity contribution in [2.45, 2.75) is 13.0 Å². The van der Waals surface area contributed by atoms with Crippen molar-refractivity contribution in [1.82, 2.24) is 15.5 Å². The van der Waals surface area contributed by atoms with E-state index in [1.807, 2.05) is 6.92 Å². The summed E-state index contributed by atoms with van der Waals surface area (Å²) in [6, 6.07) is 6.71. The number of fused-ring (bicyclic) bond motifs is 1. The van der Waals surface area contributed by atoms with Crippen molar-refractivity contribution in [3.8, 4) is 0 Å². The van der Waals surface area contributed by atoms with Gasteiger partial charge in [-0.25, -0.2) is 0 Å². The lowest BCUT2D eigenvalue weighted by Gasteiger charge is -2.15. The minimum absolute atomic E-state index is 0. The van der Waals surface area contributed by atoms with Gasteiger partial charge in [0.2, 0.25) is 5.91 Å². The van der Waals surface area contributed by atoms with E-state index in [9.17, 15) is 14.4 Å².